The third-order valence-electron chi connectivity index (χ3n) is 5.01. The third-order valence-corrected chi connectivity index (χ3v) is 5.01. The van der Waals surface area contributed by atoms with Crippen LogP contribution < -0.4 is 4.90 Å². The first kappa shape index (κ1) is 14.2. The second-order valence-electron chi connectivity index (χ2n) is 6.40. The normalized spacial score (nSPS) is 22.0. The third kappa shape index (κ3) is 2.12. The van der Waals surface area contributed by atoms with Crippen molar-refractivity contribution in [3.05, 3.63) is 52.9 Å². The number of carbonyl (C=O) groups is 2. The Balaban J connectivity index is 1.79. The zero-order chi connectivity index (χ0) is 16.0. The average molecular weight is 309 g/mol. The number of carbonyl (C=O) groups excluding carboxylic acids is 2. The second kappa shape index (κ2) is 5.37. The van der Waals surface area contributed by atoms with Gasteiger partial charge in [-0.15, -0.1) is 0 Å². The summed E-state index contributed by atoms with van der Waals surface area (Å²) in [4.78, 5) is 27.0. The fourth-order valence-electron chi connectivity index (χ4n) is 3.88. The molecule has 1 aromatic rings. The van der Waals surface area contributed by atoms with E-state index in [9.17, 15) is 9.59 Å². The second-order valence-corrected chi connectivity index (χ2v) is 6.40. The van der Waals surface area contributed by atoms with Gasteiger partial charge in [-0.3, -0.25) is 9.69 Å². The van der Waals surface area contributed by atoms with Crippen molar-refractivity contribution in [3.8, 4) is 0 Å². The number of ether oxygens (including phenoxy) is 1. The van der Waals surface area contributed by atoms with Gasteiger partial charge in [0.15, 0.2) is 0 Å². The molecule has 1 aromatic carbocycles. The summed E-state index contributed by atoms with van der Waals surface area (Å²) in [5, 5.41) is 0. The highest BCUT2D eigenvalue weighted by molar-refractivity contribution is 6.23. The highest BCUT2D eigenvalue weighted by Gasteiger charge is 2.47. The van der Waals surface area contributed by atoms with Crippen molar-refractivity contribution in [1.29, 1.82) is 0 Å². The van der Waals surface area contributed by atoms with Gasteiger partial charge in [-0.1, -0.05) is 37.5 Å². The highest BCUT2D eigenvalue weighted by atomic mass is 16.5. The van der Waals surface area contributed by atoms with Crippen molar-refractivity contribution in [2.75, 3.05) is 4.90 Å². The minimum Gasteiger partial charge on any atom is -0.426 e. The zero-order valence-corrected chi connectivity index (χ0v) is 13.2. The van der Waals surface area contributed by atoms with Gasteiger partial charge in [0.05, 0.1) is 11.1 Å². The topological polar surface area (TPSA) is 46.6 Å². The van der Waals surface area contributed by atoms with Gasteiger partial charge in [0.1, 0.15) is 5.76 Å². The van der Waals surface area contributed by atoms with Crippen LogP contribution in [-0.2, 0) is 14.3 Å². The Morgan fingerprint density at radius 1 is 1.00 bits per heavy atom. The first-order valence-electron chi connectivity index (χ1n) is 8.25. The summed E-state index contributed by atoms with van der Waals surface area (Å²) in [7, 11) is 0. The van der Waals surface area contributed by atoms with Crippen molar-refractivity contribution in [2.45, 2.75) is 39.0 Å². The number of cyclic esters (lactones) is 1. The van der Waals surface area contributed by atoms with Crippen LogP contribution in [0.2, 0.25) is 0 Å². The summed E-state index contributed by atoms with van der Waals surface area (Å²) in [5.41, 5.74) is 2.43. The fourth-order valence-corrected chi connectivity index (χ4v) is 3.88. The number of hydrogen-bond donors (Lipinski definition) is 0. The van der Waals surface area contributed by atoms with Gasteiger partial charge >= 0.3 is 5.97 Å². The molecule has 1 fully saturated rings. The van der Waals surface area contributed by atoms with Gasteiger partial charge in [0, 0.05) is 17.3 Å². The number of amides is 1. The number of para-hydroxylation sites is 1. The summed E-state index contributed by atoms with van der Waals surface area (Å²) in [6.45, 7) is 1.82. The molecule has 0 saturated heterocycles. The van der Waals surface area contributed by atoms with E-state index in [1.54, 1.807) is 4.90 Å². The number of hydrogen-bond acceptors (Lipinski definition) is 3. The lowest BCUT2D eigenvalue weighted by Gasteiger charge is -2.23. The first-order valence-corrected chi connectivity index (χ1v) is 8.25. The van der Waals surface area contributed by atoms with E-state index in [0.29, 0.717) is 22.6 Å². The lowest BCUT2D eigenvalue weighted by molar-refractivity contribution is -0.134. The van der Waals surface area contributed by atoms with Gasteiger partial charge in [0.25, 0.3) is 5.91 Å². The predicted octanol–water partition coefficient (Wildman–Crippen LogP) is 3.70. The van der Waals surface area contributed by atoms with Crippen molar-refractivity contribution >= 4 is 17.6 Å². The molecule has 0 radical (unpaired) electrons. The van der Waals surface area contributed by atoms with Crippen molar-refractivity contribution in [2.24, 2.45) is 5.92 Å². The molecule has 0 N–H and O–H groups in total. The molecule has 1 saturated carbocycles. The average Bonchev–Trinajstić information content (AvgIpc) is 3.06. The molecular formula is C19H19NO3. The lowest BCUT2D eigenvalue weighted by atomic mass is 9.86. The number of esters is 1. The van der Waals surface area contributed by atoms with E-state index in [1.807, 2.05) is 37.3 Å². The smallest absolute Gasteiger partial charge is 0.345 e. The number of fused-ring (bicyclic) bond motifs is 1. The van der Waals surface area contributed by atoms with Crippen LogP contribution in [0.5, 0.6) is 0 Å². The van der Waals surface area contributed by atoms with E-state index in [-0.39, 0.29) is 17.8 Å². The number of benzene rings is 1. The molecule has 0 bridgehead atoms. The minimum atomic E-state index is -0.371. The highest BCUT2D eigenvalue weighted by Crippen LogP contribution is 2.44. The van der Waals surface area contributed by atoms with E-state index >= 15 is 0 Å². The van der Waals surface area contributed by atoms with Crippen LogP contribution in [-0.4, -0.2) is 11.9 Å². The van der Waals surface area contributed by atoms with Gasteiger partial charge in [-0.05, 0) is 31.9 Å². The predicted molar refractivity (Wildman–Crippen MR) is 86.3 cm³/mol. The SMILES string of the molecule is CC1=C2C(=O)OC(C3CCCCC3)=C2C(=O)N1c1ccccc1. The maximum absolute atomic E-state index is 13.0. The molecule has 4 heteroatoms. The van der Waals surface area contributed by atoms with Crippen molar-refractivity contribution in [3.63, 3.8) is 0 Å². The van der Waals surface area contributed by atoms with E-state index in [2.05, 4.69) is 0 Å². The van der Waals surface area contributed by atoms with Gasteiger partial charge in [-0.2, -0.15) is 0 Å². The summed E-state index contributed by atoms with van der Waals surface area (Å²) < 4.78 is 5.53. The maximum Gasteiger partial charge on any atom is 0.345 e. The molecule has 2 aliphatic heterocycles. The Morgan fingerprint density at radius 2 is 1.70 bits per heavy atom. The van der Waals surface area contributed by atoms with Crippen molar-refractivity contribution in [1.82, 2.24) is 0 Å². The summed E-state index contributed by atoms with van der Waals surface area (Å²) in [6, 6.07) is 9.46. The molecule has 23 heavy (non-hydrogen) atoms. The molecule has 1 amide bonds. The summed E-state index contributed by atoms with van der Waals surface area (Å²) >= 11 is 0. The molecule has 2 heterocycles. The Bertz CT molecular complexity index is 739. The van der Waals surface area contributed by atoms with Crippen LogP contribution in [0.1, 0.15) is 39.0 Å². The molecule has 3 aliphatic rings. The molecule has 4 rings (SSSR count). The van der Waals surface area contributed by atoms with Crippen LogP contribution in [0, 0.1) is 5.92 Å². The largest absolute Gasteiger partial charge is 0.426 e. The summed E-state index contributed by atoms with van der Waals surface area (Å²) in [5.74, 6) is 0.320. The Labute approximate surface area is 135 Å². The Hall–Kier alpha value is -2.36. The van der Waals surface area contributed by atoms with E-state index in [4.69, 9.17) is 4.74 Å². The minimum absolute atomic E-state index is 0.130. The van der Waals surface area contributed by atoms with Crippen molar-refractivity contribution < 1.29 is 14.3 Å². The lowest BCUT2D eigenvalue weighted by Crippen LogP contribution is -2.26. The van der Waals surface area contributed by atoms with E-state index in [0.717, 1.165) is 31.4 Å². The number of rotatable bonds is 2. The quantitative estimate of drug-likeness (QED) is 0.783. The van der Waals surface area contributed by atoms with E-state index < -0.39 is 0 Å². The molecular weight excluding hydrogens is 290 g/mol. The van der Waals surface area contributed by atoms with Crippen LogP contribution in [0.25, 0.3) is 0 Å². The van der Waals surface area contributed by atoms with Crippen LogP contribution in [0.15, 0.2) is 52.9 Å². The molecule has 0 atom stereocenters. The summed E-state index contributed by atoms with van der Waals surface area (Å²) in [6.07, 6.45) is 5.48. The molecule has 0 spiro atoms. The Morgan fingerprint density at radius 3 is 2.39 bits per heavy atom. The number of nitrogens with zero attached hydrogens (tertiary/aromatic N) is 1. The number of allylic oxidation sites excluding steroid dienone is 2. The molecule has 0 unspecified atom stereocenters. The van der Waals surface area contributed by atoms with Crippen LogP contribution >= 0.6 is 0 Å². The zero-order valence-electron chi connectivity index (χ0n) is 13.2. The first-order chi connectivity index (χ1) is 11.2. The Kier molecular flexibility index (Phi) is 3.33. The van der Waals surface area contributed by atoms with Crippen LogP contribution in [0.4, 0.5) is 5.69 Å². The number of anilines is 1. The van der Waals surface area contributed by atoms with E-state index in [1.165, 1.54) is 6.42 Å². The maximum atomic E-state index is 13.0. The standard InChI is InChI=1S/C19H19NO3/c1-12-15-16(18(21)20(12)14-10-6-3-7-11-14)17(23-19(15)22)13-8-4-2-5-9-13/h3,6-7,10-11,13H,2,4-5,8-9H2,1H3. The van der Waals surface area contributed by atoms with Gasteiger partial charge in [0.2, 0.25) is 0 Å². The van der Waals surface area contributed by atoms with Gasteiger partial charge < -0.3 is 4.74 Å². The van der Waals surface area contributed by atoms with Crippen LogP contribution in [0.3, 0.4) is 0 Å². The van der Waals surface area contributed by atoms with Gasteiger partial charge in [-0.25, -0.2) is 4.79 Å². The molecule has 118 valence electrons. The molecule has 0 aromatic heterocycles. The fraction of sp³-hybridized carbons (Fsp3) is 0.368. The molecule has 4 nitrogen and oxygen atoms in total. The monoisotopic (exact) mass is 309 g/mol. The molecule has 1 aliphatic carbocycles.